The molecule has 0 N–H and O–H groups in total. The SMILES string of the molecule is CCC1c2ccccc2C2=C(c3ccccc3)N=C(c3ccccc3)CC21. The summed E-state index contributed by atoms with van der Waals surface area (Å²) >= 11 is 0. The molecule has 0 bridgehead atoms. The van der Waals surface area contributed by atoms with Gasteiger partial charge in [-0.05, 0) is 46.9 Å². The predicted molar refractivity (Wildman–Crippen MR) is 114 cm³/mol. The number of fused-ring (bicyclic) bond motifs is 3. The predicted octanol–water partition coefficient (Wildman–Crippen LogP) is 6.57. The van der Waals surface area contributed by atoms with E-state index < -0.39 is 0 Å². The zero-order chi connectivity index (χ0) is 18.2. The molecule has 0 saturated carbocycles. The second-order valence-corrected chi connectivity index (χ2v) is 7.47. The van der Waals surface area contributed by atoms with Crippen LogP contribution in [0.5, 0.6) is 0 Å². The molecule has 0 spiro atoms. The average Bonchev–Trinajstić information content (AvgIpc) is 3.08. The monoisotopic (exact) mass is 349 g/mol. The van der Waals surface area contributed by atoms with Crippen LogP contribution in [0.3, 0.4) is 0 Å². The van der Waals surface area contributed by atoms with Gasteiger partial charge in [-0.15, -0.1) is 0 Å². The van der Waals surface area contributed by atoms with Crippen molar-refractivity contribution in [2.24, 2.45) is 10.9 Å². The quantitative estimate of drug-likeness (QED) is 0.507. The lowest BCUT2D eigenvalue weighted by Crippen LogP contribution is -2.18. The van der Waals surface area contributed by atoms with Crippen LogP contribution in [0, 0.1) is 5.92 Å². The highest BCUT2D eigenvalue weighted by Crippen LogP contribution is 2.54. The highest BCUT2D eigenvalue weighted by Gasteiger charge is 2.40. The summed E-state index contributed by atoms with van der Waals surface area (Å²) in [6.45, 7) is 2.32. The molecule has 0 saturated heterocycles. The molecule has 0 amide bonds. The number of hydrogen-bond acceptors (Lipinski definition) is 1. The van der Waals surface area contributed by atoms with Crippen LogP contribution >= 0.6 is 0 Å². The maximum Gasteiger partial charge on any atom is 0.0746 e. The van der Waals surface area contributed by atoms with E-state index in [0.29, 0.717) is 11.8 Å². The van der Waals surface area contributed by atoms with Crippen molar-refractivity contribution in [3.63, 3.8) is 0 Å². The van der Waals surface area contributed by atoms with Gasteiger partial charge in [0.25, 0.3) is 0 Å². The Kier molecular flexibility index (Phi) is 4.01. The minimum atomic E-state index is 0.510. The summed E-state index contributed by atoms with van der Waals surface area (Å²) in [5, 5.41) is 0. The van der Waals surface area contributed by atoms with Crippen LogP contribution in [-0.4, -0.2) is 5.71 Å². The molecule has 5 rings (SSSR count). The Bertz CT molecular complexity index is 1030. The van der Waals surface area contributed by atoms with Gasteiger partial charge >= 0.3 is 0 Å². The first-order chi connectivity index (χ1) is 13.4. The largest absolute Gasteiger partial charge is 0.252 e. The Hall–Kier alpha value is -2.93. The van der Waals surface area contributed by atoms with E-state index in [1.54, 1.807) is 0 Å². The van der Waals surface area contributed by atoms with Crippen molar-refractivity contribution in [2.45, 2.75) is 25.7 Å². The number of aliphatic imine (C=N–C) groups is 1. The van der Waals surface area contributed by atoms with E-state index in [1.807, 2.05) is 0 Å². The zero-order valence-corrected chi connectivity index (χ0v) is 15.6. The molecule has 2 aliphatic rings. The summed E-state index contributed by atoms with van der Waals surface area (Å²) in [7, 11) is 0. The molecule has 1 nitrogen and oxygen atoms in total. The Morgan fingerprint density at radius 3 is 2.11 bits per heavy atom. The number of hydrogen-bond donors (Lipinski definition) is 0. The van der Waals surface area contributed by atoms with Crippen molar-refractivity contribution in [1.29, 1.82) is 0 Å². The zero-order valence-electron chi connectivity index (χ0n) is 15.6. The lowest BCUT2D eigenvalue weighted by atomic mass is 9.80. The Morgan fingerprint density at radius 1 is 0.778 bits per heavy atom. The number of allylic oxidation sites excluding steroid dienone is 1. The van der Waals surface area contributed by atoms with Crippen LogP contribution < -0.4 is 0 Å². The first kappa shape index (κ1) is 16.3. The fourth-order valence-electron chi connectivity index (χ4n) is 4.81. The second kappa shape index (κ2) is 6.66. The normalized spacial score (nSPS) is 20.9. The highest BCUT2D eigenvalue weighted by atomic mass is 14.8. The third-order valence-corrected chi connectivity index (χ3v) is 6.02. The molecule has 3 aromatic carbocycles. The van der Waals surface area contributed by atoms with Crippen LogP contribution in [0.15, 0.2) is 89.9 Å². The molecule has 1 aliphatic heterocycles. The van der Waals surface area contributed by atoms with E-state index >= 15 is 0 Å². The number of benzene rings is 3. The van der Waals surface area contributed by atoms with Crippen LogP contribution in [-0.2, 0) is 0 Å². The van der Waals surface area contributed by atoms with Crippen molar-refractivity contribution in [3.05, 3.63) is 107 Å². The number of rotatable bonds is 3. The summed E-state index contributed by atoms with van der Waals surface area (Å²) in [5.74, 6) is 1.08. The van der Waals surface area contributed by atoms with E-state index in [1.165, 1.54) is 33.5 Å². The molecule has 3 aromatic rings. The van der Waals surface area contributed by atoms with Crippen molar-refractivity contribution in [2.75, 3.05) is 0 Å². The van der Waals surface area contributed by atoms with Gasteiger partial charge in [0.1, 0.15) is 0 Å². The van der Waals surface area contributed by atoms with Crippen molar-refractivity contribution >= 4 is 17.0 Å². The number of nitrogens with zero attached hydrogens (tertiary/aromatic N) is 1. The van der Waals surface area contributed by atoms with Gasteiger partial charge < -0.3 is 0 Å². The van der Waals surface area contributed by atoms with Gasteiger partial charge in [0.2, 0.25) is 0 Å². The van der Waals surface area contributed by atoms with E-state index in [0.717, 1.165) is 18.5 Å². The minimum absolute atomic E-state index is 0.510. The summed E-state index contributed by atoms with van der Waals surface area (Å²) < 4.78 is 0. The Morgan fingerprint density at radius 2 is 1.41 bits per heavy atom. The second-order valence-electron chi connectivity index (χ2n) is 7.47. The summed E-state index contributed by atoms with van der Waals surface area (Å²) in [6.07, 6.45) is 2.18. The van der Waals surface area contributed by atoms with Gasteiger partial charge in [0.15, 0.2) is 0 Å². The minimum Gasteiger partial charge on any atom is -0.252 e. The van der Waals surface area contributed by atoms with E-state index in [9.17, 15) is 0 Å². The van der Waals surface area contributed by atoms with E-state index in [-0.39, 0.29) is 0 Å². The topological polar surface area (TPSA) is 12.4 Å². The first-order valence-electron chi connectivity index (χ1n) is 9.88. The van der Waals surface area contributed by atoms with Crippen LogP contribution in [0.1, 0.15) is 47.9 Å². The van der Waals surface area contributed by atoms with Gasteiger partial charge in [-0.2, -0.15) is 0 Å². The molecule has 1 heterocycles. The van der Waals surface area contributed by atoms with Crippen LogP contribution in [0.2, 0.25) is 0 Å². The third kappa shape index (κ3) is 2.66. The summed E-state index contributed by atoms with van der Waals surface area (Å²) in [5.41, 5.74) is 9.20. The Labute approximate surface area is 161 Å². The maximum atomic E-state index is 5.23. The summed E-state index contributed by atoms with van der Waals surface area (Å²) in [6, 6.07) is 30.3. The molecule has 1 aliphatic carbocycles. The van der Waals surface area contributed by atoms with Crippen LogP contribution in [0.25, 0.3) is 11.3 Å². The molecule has 0 fully saturated rings. The fraction of sp³-hybridized carbons (Fsp3) is 0.192. The molecular formula is C26H23N. The van der Waals surface area contributed by atoms with Gasteiger partial charge in [-0.25, -0.2) is 0 Å². The Balaban J connectivity index is 1.77. The molecule has 0 aromatic heterocycles. The smallest absolute Gasteiger partial charge is 0.0746 e. The molecule has 27 heavy (non-hydrogen) atoms. The first-order valence-corrected chi connectivity index (χ1v) is 9.88. The molecule has 1 heteroatoms. The lowest BCUT2D eigenvalue weighted by molar-refractivity contribution is 0.541. The average molecular weight is 349 g/mol. The maximum absolute atomic E-state index is 5.23. The summed E-state index contributed by atoms with van der Waals surface area (Å²) in [4.78, 5) is 5.23. The molecule has 0 radical (unpaired) electrons. The van der Waals surface area contributed by atoms with Gasteiger partial charge in [-0.3, -0.25) is 4.99 Å². The molecule has 132 valence electrons. The van der Waals surface area contributed by atoms with E-state index in [4.69, 9.17) is 4.99 Å². The van der Waals surface area contributed by atoms with Gasteiger partial charge in [0, 0.05) is 11.3 Å². The van der Waals surface area contributed by atoms with Gasteiger partial charge in [-0.1, -0.05) is 91.9 Å². The lowest BCUT2D eigenvalue weighted by Gasteiger charge is -2.27. The molecule has 2 atom stereocenters. The van der Waals surface area contributed by atoms with Gasteiger partial charge in [0.05, 0.1) is 5.70 Å². The van der Waals surface area contributed by atoms with Crippen molar-refractivity contribution in [1.82, 2.24) is 0 Å². The molecular weight excluding hydrogens is 326 g/mol. The molecule has 2 unspecified atom stereocenters. The fourth-order valence-corrected chi connectivity index (χ4v) is 4.81. The standard InChI is InChI=1S/C26H23N/c1-2-20-21-15-9-10-16-22(21)25-23(20)17-24(18-11-5-3-6-12-18)27-26(25)19-13-7-4-8-14-19/h3-16,20,23H,2,17H2,1H3. The van der Waals surface area contributed by atoms with Crippen molar-refractivity contribution < 1.29 is 0 Å². The van der Waals surface area contributed by atoms with E-state index in [2.05, 4.69) is 91.9 Å². The highest BCUT2D eigenvalue weighted by molar-refractivity contribution is 6.11. The van der Waals surface area contributed by atoms with Crippen LogP contribution in [0.4, 0.5) is 0 Å². The van der Waals surface area contributed by atoms with Crippen molar-refractivity contribution in [3.8, 4) is 0 Å². The third-order valence-electron chi connectivity index (χ3n) is 6.02.